The van der Waals surface area contributed by atoms with E-state index in [0.29, 0.717) is 18.0 Å². The van der Waals surface area contributed by atoms with Gasteiger partial charge in [-0.05, 0) is 51.5 Å². The molecule has 0 aromatic rings. The molecule has 3 rings (SSSR count). The maximum absolute atomic E-state index is 13.1. The lowest BCUT2D eigenvalue weighted by molar-refractivity contribution is -0.143. The summed E-state index contributed by atoms with van der Waals surface area (Å²) >= 11 is 0. The molecule has 0 aromatic heterocycles. The van der Waals surface area contributed by atoms with Crippen molar-refractivity contribution in [3.8, 4) is 0 Å². The number of likely N-dealkylation sites (tertiary alicyclic amines) is 1. The number of hydrogen-bond acceptors (Lipinski definition) is 2. The Labute approximate surface area is 117 Å². The van der Waals surface area contributed by atoms with Gasteiger partial charge in [0, 0.05) is 24.0 Å². The highest BCUT2D eigenvalue weighted by Gasteiger charge is 2.46. The van der Waals surface area contributed by atoms with Gasteiger partial charge in [0.25, 0.3) is 0 Å². The summed E-state index contributed by atoms with van der Waals surface area (Å²) in [7, 11) is 0. The van der Waals surface area contributed by atoms with E-state index in [4.69, 9.17) is 0 Å². The first-order valence-electron chi connectivity index (χ1n) is 8.31. The zero-order valence-electron chi connectivity index (χ0n) is 12.3. The summed E-state index contributed by atoms with van der Waals surface area (Å²) in [5, 5.41) is 3.61. The van der Waals surface area contributed by atoms with E-state index in [1.165, 1.54) is 38.5 Å². The van der Waals surface area contributed by atoms with Gasteiger partial charge in [0.05, 0.1) is 0 Å². The summed E-state index contributed by atoms with van der Waals surface area (Å²) < 4.78 is 0. The van der Waals surface area contributed by atoms with Crippen LogP contribution in [0.1, 0.15) is 64.7 Å². The standard InChI is InChI=1S/C16H28N2O/c1-2-16(9-3-4-10-16)15(19)18-12-6-8-14(18)13-7-5-11-17-13/h13-14,17H,2-12H2,1H3. The summed E-state index contributed by atoms with van der Waals surface area (Å²) in [6.45, 7) is 4.35. The Hall–Kier alpha value is -0.570. The molecule has 2 heterocycles. The quantitative estimate of drug-likeness (QED) is 0.850. The van der Waals surface area contributed by atoms with Crippen molar-refractivity contribution in [2.45, 2.75) is 76.8 Å². The van der Waals surface area contributed by atoms with Gasteiger partial charge in [0.2, 0.25) is 5.91 Å². The minimum absolute atomic E-state index is 0.00118. The monoisotopic (exact) mass is 264 g/mol. The minimum atomic E-state index is 0.00118. The molecule has 108 valence electrons. The van der Waals surface area contributed by atoms with Crippen LogP contribution in [0.2, 0.25) is 0 Å². The normalized spacial score (nSPS) is 34.1. The lowest BCUT2D eigenvalue weighted by atomic mass is 9.81. The zero-order chi connectivity index (χ0) is 13.3. The molecule has 2 atom stereocenters. The maximum Gasteiger partial charge on any atom is 0.229 e. The zero-order valence-corrected chi connectivity index (χ0v) is 12.3. The van der Waals surface area contributed by atoms with Crippen molar-refractivity contribution >= 4 is 5.91 Å². The fourth-order valence-electron chi connectivity index (χ4n) is 4.58. The van der Waals surface area contributed by atoms with E-state index in [1.54, 1.807) is 0 Å². The molecule has 1 amide bonds. The van der Waals surface area contributed by atoms with Crippen LogP contribution in [0.3, 0.4) is 0 Å². The Morgan fingerprint density at radius 1 is 1.21 bits per heavy atom. The largest absolute Gasteiger partial charge is 0.338 e. The van der Waals surface area contributed by atoms with Gasteiger partial charge in [-0.2, -0.15) is 0 Å². The number of hydrogen-bond donors (Lipinski definition) is 1. The molecular formula is C16H28N2O. The van der Waals surface area contributed by atoms with Crippen molar-refractivity contribution in [1.82, 2.24) is 10.2 Å². The molecule has 2 saturated heterocycles. The molecule has 3 fully saturated rings. The molecule has 19 heavy (non-hydrogen) atoms. The highest BCUT2D eigenvalue weighted by molar-refractivity contribution is 5.83. The van der Waals surface area contributed by atoms with Crippen LogP contribution in [-0.2, 0) is 4.79 Å². The molecular weight excluding hydrogens is 236 g/mol. The van der Waals surface area contributed by atoms with Crippen molar-refractivity contribution < 1.29 is 4.79 Å². The van der Waals surface area contributed by atoms with Crippen molar-refractivity contribution in [3.05, 3.63) is 0 Å². The summed E-state index contributed by atoms with van der Waals surface area (Å²) in [6.07, 6.45) is 10.7. The smallest absolute Gasteiger partial charge is 0.229 e. The molecule has 3 aliphatic rings. The molecule has 3 nitrogen and oxygen atoms in total. The summed E-state index contributed by atoms with van der Waals surface area (Å²) in [5.74, 6) is 0.490. The van der Waals surface area contributed by atoms with Crippen molar-refractivity contribution in [1.29, 1.82) is 0 Å². The van der Waals surface area contributed by atoms with Gasteiger partial charge in [0.15, 0.2) is 0 Å². The Kier molecular flexibility index (Phi) is 3.84. The highest BCUT2D eigenvalue weighted by Crippen LogP contribution is 2.44. The second kappa shape index (κ2) is 5.43. The molecule has 0 radical (unpaired) electrons. The van der Waals surface area contributed by atoms with Gasteiger partial charge < -0.3 is 10.2 Å². The number of carbonyl (C=O) groups excluding carboxylic acids is 1. The molecule has 0 spiro atoms. The van der Waals surface area contributed by atoms with Crippen LogP contribution in [0.15, 0.2) is 0 Å². The van der Waals surface area contributed by atoms with E-state index < -0.39 is 0 Å². The fraction of sp³-hybridized carbons (Fsp3) is 0.938. The van der Waals surface area contributed by atoms with E-state index in [-0.39, 0.29) is 5.41 Å². The van der Waals surface area contributed by atoms with Gasteiger partial charge in [-0.15, -0.1) is 0 Å². The third kappa shape index (κ3) is 2.31. The third-order valence-corrected chi connectivity index (χ3v) is 5.81. The first-order valence-corrected chi connectivity index (χ1v) is 8.31. The van der Waals surface area contributed by atoms with E-state index in [9.17, 15) is 4.79 Å². The van der Waals surface area contributed by atoms with Crippen LogP contribution in [0.5, 0.6) is 0 Å². The Morgan fingerprint density at radius 3 is 2.63 bits per heavy atom. The second-order valence-corrected chi connectivity index (χ2v) is 6.75. The van der Waals surface area contributed by atoms with Gasteiger partial charge in [-0.1, -0.05) is 19.8 Å². The Balaban J connectivity index is 1.74. The van der Waals surface area contributed by atoms with Crippen LogP contribution in [-0.4, -0.2) is 36.0 Å². The lowest BCUT2D eigenvalue weighted by Gasteiger charge is -2.37. The van der Waals surface area contributed by atoms with Gasteiger partial charge in [-0.25, -0.2) is 0 Å². The van der Waals surface area contributed by atoms with Crippen LogP contribution in [0.4, 0.5) is 0 Å². The molecule has 3 heteroatoms. The van der Waals surface area contributed by atoms with Crippen LogP contribution < -0.4 is 5.32 Å². The predicted octanol–water partition coefficient (Wildman–Crippen LogP) is 2.70. The van der Waals surface area contributed by atoms with Crippen LogP contribution >= 0.6 is 0 Å². The molecule has 0 bridgehead atoms. The van der Waals surface area contributed by atoms with E-state index in [2.05, 4.69) is 17.1 Å². The summed E-state index contributed by atoms with van der Waals surface area (Å²) in [6, 6.07) is 1.06. The van der Waals surface area contributed by atoms with Crippen molar-refractivity contribution in [2.24, 2.45) is 5.41 Å². The first-order chi connectivity index (χ1) is 9.27. The number of nitrogens with zero attached hydrogens (tertiary/aromatic N) is 1. The van der Waals surface area contributed by atoms with Crippen molar-refractivity contribution in [2.75, 3.05) is 13.1 Å². The summed E-state index contributed by atoms with van der Waals surface area (Å²) in [4.78, 5) is 15.3. The maximum atomic E-state index is 13.1. The average molecular weight is 264 g/mol. The van der Waals surface area contributed by atoms with E-state index in [1.807, 2.05) is 0 Å². The predicted molar refractivity (Wildman–Crippen MR) is 77.0 cm³/mol. The number of rotatable bonds is 3. The van der Waals surface area contributed by atoms with Gasteiger partial charge >= 0.3 is 0 Å². The van der Waals surface area contributed by atoms with Gasteiger partial charge in [0.1, 0.15) is 0 Å². The molecule has 0 aromatic carbocycles. The average Bonchev–Trinajstić information content (AvgIpc) is 3.17. The SMILES string of the molecule is CCC1(C(=O)N2CCCC2C2CCCN2)CCCC1. The lowest BCUT2D eigenvalue weighted by Crippen LogP contribution is -2.51. The topological polar surface area (TPSA) is 32.3 Å². The Bertz CT molecular complexity index is 330. The minimum Gasteiger partial charge on any atom is -0.338 e. The van der Waals surface area contributed by atoms with E-state index in [0.717, 1.165) is 32.4 Å². The highest BCUT2D eigenvalue weighted by atomic mass is 16.2. The molecule has 1 N–H and O–H groups in total. The second-order valence-electron chi connectivity index (χ2n) is 6.75. The fourth-order valence-corrected chi connectivity index (χ4v) is 4.58. The summed E-state index contributed by atoms with van der Waals surface area (Å²) in [5.41, 5.74) is 0.00118. The third-order valence-electron chi connectivity index (χ3n) is 5.81. The molecule has 1 aliphatic carbocycles. The molecule has 2 unspecified atom stereocenters. The van der Waals surface area contributed by atoms with Gasteiger partial charge in [-0.3, -0.25) is 4.79 Å². The number of nitrogens with one attached hydrogen (secondary N) is 1. The Morgan fingerprint density at radius 2 is 2.00 bits per heavy atom. The van der Waals surface area contributed by atoms with Crippen LogP contribution in [0, 0.1) is 5.41 Å². The first kappa shape index (κ1) is 13.4. The molecule has 1 saturated carbocycles. The molecule has 2 aliphatic heterocycles. The van der Waals surface area contributed by atoms with Crippen molar-refractivity contribution in [3.63, 3.8) is 0 Å². The number of carbonyl (C=O) groups is 1. The van der Waals surface area contributed by atoms with E-state index >= 15 is 0 Å². The van der Waals surface area contributed by atoms with Crippen LogP contribution in [0.25, 0.3) is 0 Å². The number of amides is 1.